The van der Waals surface area contributed by atoms with Gasteiger partial charge in [0.15, 0.2) is 12.4 Å². The lowest BCUT2D eigenvalue weighted by Crippen LogP contribution is -2.42. The van der Waals surface area contributed by atoms with Gasteiger partial charge in [0, 0.05) is 24.8 Å². The highest BCUT2D eigenvalue weighted by Gasteiger charge is 2.34. The smallest absolute Gasteiger partial charge is 0.422 e. The van der Waals surface area contributed by atoms with Crippen molar-refractivity contribution in [3.63, 3.8) is 0 Å². The number of alkyl halides is 6. The van der Waals surface area contributed by atoms with Gasteiger partial charge in [0.1, 0.15) is 10.6 Å². The second kappa shape index (κ2) is 11.1. The van der Waals surface area contributed by atoms with Gasteiger partial charge in [-0.05, 0) is 44.9 Å². The summed E-state index contributed by atoms with van der Waals surface area (Å²) in [7, 11) is -3.87. The molecule has 2 aromatic heterocycles. The molecule has 0 bridgehead atoms. The zero-order valence-electron chi connectivity index (χ0n) is 21.0. The van der Waals surface area contributed by atoms with Gasteiger partial charge in [-0.25, -0.2) is 8.42 Å². The van der Waals surface area contributed by atoms with Gasteiger partial charge < -0.3 is 19.9 Å². The Kier molecular flexibility index (Phi) is 8.11. The van der Waals surface area contributed by atoms with E-state index in [1.54, 1.807) is 0 Å². The van der Waals surface area contributed by atoms with Crippen LogP contribution >= 0.6 is 0 Å². The molecule has 0 unspecified atom stereocenters. The lowest BCUT2D eigenvalue weighted by Gasteiger charge is -2.31. The van der Waals surface area contributed by atoms with Crippen molar-refractivity contribution in [2.24, 2.45) is 0 Å². The molecule has 18 heteroatoms. The lowest BCUT2D eigenvalue weighted by atomic mass is 10.1. The van der Waals surface area contributed by atoms with Crippen LogP contribution in [0.15, 0.2) is 33.7 Å². The predicted molar refractivity (Wildman–Crippen MR) is 127 cm³/mol. The average Bonchev–Trinajstić information content (AvgIpc) is 3.21. The van der Waals surface area contributed by atoms with Crippen molar-refractivity contribution in [1.29, 1.82) is 0 Å². The molecule has 4 rings (SSSR count). The summed E-state index contributed by atoms with van der Waals surface area (Å²) in [5.74, 6) is -0.420. The van der Waals surface area contributed by atoms with E-state index in [1.165, 1.54) is 24.2 Å². The number of aromatic nitrogens is 4. The minimum atomic E-state index is -4.70. The lowest BCUT2D eigenvalue weighted by molar-refractivity contribution is -0.154. The molecule has 0 radical (unpaired) electrons. The van der Waals surface area contributed by atoms with Gasteiger partial charge in [0.25, 0.3) is 0 Å². The Morgan fingerprint density at radius 3 is 2.33 bits per heavy atom. The van der Waals surface area contributed by atoms with Crippen LogP contribution < -0.4 is 15.4 Å². The topological polar surface area (TPSA) is 135 Å². The molecule has 3 heterocycles. The molecule has 218 valence electrons. The van der Waals surface area contributed by atoms with Crippen LogP contribution in [0.4, 0.5) is 43.9 Å². The van der Waals surface area contributed by atoms with Gasteiger partial charge in [-0.3, -0.25) is 0 Å². The Morgan fingerprint density at radius 2 is 1.73 bits per heavy atom. The number of nitrogens with zero attached hydrogens (tertiary/aromatic N) is 5. The first-order valence-corrected chi connectivity index (χ1v) is 13.2. The molecule has 3 aromatic rings. The van der Waals surface area contributed by atoms with Crippen molar-refractivity contribution in [2.75, 3.05) is 30.3 Å². The summed E-state index contributed by atoms with van der Waals surface area (Å²) in [6.07, 6.45) is -8.76. The molecular formula is C22H23F6N7O4S. The fourth-order valence-electron chi connectivity index (χ4n) is 3.99. The van der Waals surface area contributed by atoms with Gasteiger partial charge >= 0.3 is 18.4 Å². The van der Waals surface area contributed by atoms with Crippen molar-refractivity contribution < 1.29 is 44.0 Å². The molecule has 0 atom stereocenters. The van der Waals surface area contributed by atoms with E-state index in [0.717, 1.165) is 18.2 Å². The maximum Gasteiger partial charge on any atom is 0.422 e. The third-order valence-electron chi connectivity index (χ3n) is 5.78. The Labute approximate surface area is 224 Å². The predicted octanol–water partition coefficient (Wildman–Crippen LogP) is 4.45. The molecule has 1 aliphatic heterocycles. The minimum Gasteiger partial charge on any atom is -0.454 e. The highest BCUT2D eigenvalue weighted by Crippen LogP contribution is 2.32. The number of halogens is 6. The van der Waals surface area contributed by atoms with E-state index in [1.807, 2.05) is 0 Å². The van der Waals surface area contributed by atoms with Gasteiger partial charge in [-0.15, -0.1) is 0 Å². The number of sulfonamides is 1. The van der Waals surface area contributed by atoms with Gasteiger partial charge in [0.05, 0.1) is 5.56 Å². The van der Waals surface area contributed by atoms with E-state index in [2.05, 4.69) is 35.5 Å². The van der Waals surface area contributed by atoms with Crippen molar-refractivity contribution in [1.82, 2.24) is 24.4 Å². The molecule has 0 spiro atoms. The number of anilines is 3. The highest BCUT2D eigenvalue weighted by atomic mass is 32.2. The Bertz CT molecular complexity index is 1440. The van der Waals surface area contributed by atoms with E-state index in [-0.39, 0.29) is 59.9 Å². The van der Waals surface area contributed by atoms with Crippen LogP contribution in [-0.2, 0) is 16.2 Å². The Balaban J connectivity index is 1.50. The SMILES string of the molecule is Cc1noc(C)c1S(=O)(=O)N1CCC(Nc2nc(Nc3cccc(C(F)(F)F)c3)nc(OCC(F)(F)F)n2)CC1. The molecule has 2 N–H and O–H groups in total. The summed E-state index contributed by atoms with van der Waals surface area (Å²) >= 11 is 0. The molecule has 1 saturated heterocycles. The molecule has 11 nitrogen and oxygen atoms in total. The number of nitrogens with one attached hydrogen (secondary N) is 2. The van der Waals surface area contributed by atoms with Crippen LogP contribution in [0.1, 0.15) is 29.9 Å². The largest absolute Gasteiger partial charge is 0.454 e. The number of piperidine rings is 1. The molecule has 0 amide bonds. The first-order valence-electron chi connectivity index (χ1n) is 11.7. The van der Waals surface area contributed by atoms with Crippen molar-refractivity contribution in [2.45, 2.75) is 50.0 Å². The highest BCUT2D eigenvalue weighted by molar-refractivity contribution is 7.89. The Hall–Kier alpha value is -3.67. The van der Waals surface area contributed by atoms with Crippen molar-refractivity contribution in [3.8, 4) is 6.01 Å². The fraction of sp³-hybridized carbons (Fsp3) is 0.455. The first kappa shape index (κ1) is 29.3. The maximum atomic E-state index is 13.1. The molecule has 1 aliphatic rings. The first-order chi connectivity index (χ1) is 18.6. The molecule has 1 fully saturated rings. The summed E-state index contributed by atoms with van der Waals surface area (Å²) in [5, 5.41) is 9.11. The third-order valence-corrected chi connectivity index (χ3v) is 7.92. The average molecular weight is 596 g/mol. The second-order valence-electron chi connectivity index (χ2n) is 8.85. The van der Waals surface area contributed by atoms with Crippen LogP contribution in [0.3, 0.4) is 0 Å². The number of benzene rings is 1. The van der Waals surface area contributed by atoms with Gasteiger partial charge in [-0.1, -0.05) is 11.2 Å². The van der Waals surface area contributed by atoms with E-state index < -0.39 is 46.6 Å². The zero-order valence-corrected chi connectivity index (χ0v) is 21.8. The van der Waals surface area contributed by atoms with Crippen LogP contribution in [0, 0.1) is 13.8 Å². The molecule has 0 aliphatic carbocycles. The van der Waals surface area contributed by atoms with Gasteiger partial charge in [-0.2, -0.15) is 45.6 Å². The van der Waals surface area contributed by atoms with Crippen molar-refractivity contribution >= 4 is 27.6 Å². The number of aryl methyl sites for hydroxylation is 2. The number of hydrogen-bond acceptors (Lipinski definition) is 10. The van der Waals surface area contributed by atoms with E-state index in [4.69, 9.17) is 4.52 Å². The number of rotatable bonds is 8. The molecular weight excluding hydrogens is 572 g/mol. The molecule has 40 heavy (non-hydrogen) atoms. The van der Waals surface area contributed by atoms with Crippen molar-refractivity contribution in [3.05, 3.63) is 41.3 Å². The summed E-state index contributed by atoms with van der Waals surface area (Å²) in [5.41, 5.74) is -0.807. The monoisotopic (exact) mass is 595 g/mol. The maximum absolute atomic E-state index is 13.1. The minimum absolute atomic E-state index is 0.00635. The molecule has 0 saturated carbocycles. The molecule has 1 aromatic carbocycles. The summed E-state index contributed by atoms with van der Waals surface area (Å²) in [4.78, 5) is 11.6. The summed E-state index contributed by atoms with van der Waals surface area (Å²) in [6, 6.07) is 2.94. The zero-order chi connectivity index (χ0) is 29.3. The van der Waals surface area contributed by atoms with E-state index in [0.29, 0.717) is 0 Å². The van der Waals surface area contributed by atoms with E-state index >= 15 is 0 Å². The quantitative estimate of drug-likeness (QED) is 0.360. The summed E-state index contributed by atoms with van der Waals surface area (Å²) in [6.45, 7) is 1.49. The Morgan fingerprint density at radius 1 is 1.05 bits per heavy atom. The number of hydrogen-bond donors (Lipinski definition) is 2. The van der Waals surface area contributed by atoms with E-state index in [9.17, 15) is 34.8 Å². The normalized spacial score (nSPS) is 15.7. The van der Waals surface area contributed by atoms with Crippen LogP contribution in [0.25, 0.3) is 0 Å². The van der Waals surface area contributed by atoms with Crippen LogP contribution in [-0.4, -0.2) is 64.7 Å². The number of ether oxygens (including phenoxy) is 1. The second-order valence-corrected chi connectivity index (χ2v) is 10.7. The third kappa shape index (κ3) is 7.09. The summed E-state index contributed by atoms with van der Waals surface area (Å²) < 4.78 is 114. The standard InChI is InChI=1S/C22H23F6N7O4S/c1-12-17(13(2)39-34-12)40(36,37)35-8-6-15(7-9-35)29-18-31-19(33-20(32-18)38-11-21(23,24)25)30-16-5-3-4-14(10-16)22(26,27)28/h3-5,10,15H,6-9,11H2,1-2H3,(H2,29,30,31,32,33). The van der Waals surface area contributed by atoms with Crippen LogP contribution in [0.5, 0.6) is 6.01 Å². The fourth-order valence-corrected chi connectivity index (χ4v) is 5.75. The van der Waals surface area contributed by atoms with Gasteiger partial charge in [0.2, 0.25) is 21.9 Å². The van der Waals surface area contributed by atoms with Crippen LogP contribution in [0.2, 0.25) is 0 Å².